The Morgan fingerprint density at radius 2 is 2.22 bits per heavy atom. The van der Waals surface area contributed by atoms with E-state index >= 15 is 0 Å². The zero-order valence-electron chi connectivity index (χ0n) is 11.3. The quantitative estimate of drug-likeness (QED) is 0.890. The van der Waals surface area contributed by atoms with Crippen LogP contribution in [0.3, 0.4) is 0 Å². The molecule has 1 unspecified atom stereocenters. The molecule has 2 nitrogen and oxygen atoms in total. The minimum atomic E-state index is -0.103. The maximum atomic E-state index is 14.2. The lowest BCUT2D eigenvalue weighted by molar-refractivity contribution is 0.486. The number of benzene rings is 1. The standard InChI is InChI=1S/C15H23FN2/c1-11(2)14-4-3-9-18(14)15-6-5-12(7-8-17)10-13(15)16/h5-6,10-11,14H,3-4,7-9,17H2,1-2H3. The van der Waals surface area contributed by atoms with Crippen molar-refractivity contribution in [2.45, 2.75) is 39.2 Å². The van der Waals surface area contributed by atoms with Gasteiger partial charge in [0.05, 0.1) is 5.69 Å². The molecule has 2 N–H and O–H groups in total. The molecule has 0 spiro atoms. The normalized spacial score (nSPS) is 19.8. The van der Waals surface area contributed by atoms with Crippen LogP contribution in [0.5, 0.6) is 0 Å². The fraction of sp³-hybridized carbons (Fsp3) is 0.600. The van der Waals surface area contributed by atoms with E-state index in [1.54, 1.807) is 6.07 Å². The highest BCUT2D eigenvalue weighted by Gasteiger charge is 2.28. The molecular formula is C15H23FN2. The Morgan fingerprint density at radius 3 is 2.83 bits per heavy atom. The van der Waals surface area contributed by atoms with E-state index in [1.807, 2.05) is 12.1 Å². The van der Waals surface area contributed by atoms with Gasteiger partial charge in [0.1, 0.15) is 5.82 Å². The van der Waals surface area contributed by atoms with Gasteiger partial charge < -0.3 is 10.6 Å². The summed E-state index contributed by atoms with van der Waals surface area (Å²) in [5.41, 5.74) is 7.24. The Kier molecular flexibility index (Phi) is 4.23. The second kappa shape index (κ2) is 5.70. The van der Waals surface area contributed by atoms with E-state index in [9.17, 15) is 4.39 Å². The van der Waals surface area contributed by atoms with Gasteiger partial charge in [-0.25, -0.2) is 4.39 Å². The molecule has 0 saturated carbocycles. The molecule has 1 atom stereocenters. The maximum Gasteiger partial charge on any atom is 0.146 e. The molecule has 1 saturated heterocycles. The van der Waals surface area contributed by atoms with Crippen molar-refractivity contribution in [2.24, 2.45) is 11.7 Å². The van der Waals surface area contributed by atoms with Crippen molar-refractivity contribution in [3.63, 3.8) is 0 Å². The number of halogens is 1. The summed E-state index contributed by atoms with van der Waals surface area (Å²) in [4.78, 5) is 2.23. The van der Waals surface area contributed by atoms with E-state index in [0.717, 1.165) is 30.6 Å². The number of nitrogens with two attached hydrogens (primary N) is 1. The van der Waals surface area contributed by atoms with Crippen molar-refractivity contribution in [3.8, 4) is 0 Å². The Labute approximate surface area is 109 Å². The van der Waals surface area contributed by atoms with Crippen LogP contribution in [0.2, 0.25) is 0 Å². The molecule has 0 radical (unpaired) electrons. The van der Waals surface area contributed by atoms with E-state index in [0.29, 0.717) is 18.5 Å². The monoisotopic (exact) mass is 250 g/mol. The van der Waals surface area contributed by atoms with Gasteiger partial charge in [0.25, 0.3) is 0 Å². The molecule has 1 aromatic carbocycles. The van der Waals surface area contributed by atoms with Crippen molar-refractivity contribution >= 4 is 5.69 Å². The average Bonchev–Trinajstić information content (AvgIpc) is 2.78. The summed E-state index contributed by atoms with van der Waals surface area (Å²) in [5.74, 6) is 0.462. The van der Waals surface area contributed by atoms with Gasteiger partial charge in [-0.2, -0.15) is 0 Å². The molecule has 1 fully saturated rings. The van der Waals surface area contributed by atoms with E-state index in [4.69, 9.17) is 5.73 Å². The van der Waals surface area contributed by atoms with Gasteiger partial charge >= 0.3 is 0 Å². The summed E-state index contributed by atoms with van der Waals surface area (Å²) in [6.45, 7) is 5.96. The van der Waals surface area contributed by atoms with Crippen LogP contribution >= 0.6 is 0 Å². The second-order valence-electron chi connectivity index (χ2n) is 5.47. The molecule has 0 aromatic heterocycles. The van der Waals surface area contributed by atoms with Gasteiger partial charge in [0.2, 0.25) is 0 Å². The number of anilines is 1. The van der Waals surface area contributed by atoms with Crippen LogP contribution in [0.25, 0.3) is 0 Å². The molecule has 1 aromatic rings. The molecule has 0 aliphatic carbocycles. The molecular weight excluding hydrogens is 227 g/mol. The number of rotatable bonds is 4. The average molecular weight is 250 g/mol. The molecule has 1 aliphatic rings. The summed E-state index contributed by atoms with van der Waals surface area (Å²) in [7, 11) is 0. The van der Waals surface area contributed by atoms with Gasteiger partial charge in [-0.1, -0.05) is 19.9 Å². The summed E-state index contributed by atoms with van der Waals surface area (Å²) in [5, 5.41) is 0. The number of nitrogens with zero attached hydrogens (tertiary/aromatic N) is 1. The minimum Gasteiger partial charge on any atom is -0.366 e. The van der Waals surface area contributed by atoms with E-state index in [1.165, 1.54) is 6.42 Å². The smallest absolute Gasteiger partial charge is 0.146 e. The third kappa shape index (κ3) is 2.66. The Balaban J connectivity index is 2.22. The highest BCUT2D eigenvalue weighted by Crippen LogP contribution is 2.31. The highest BCUT2D eigenvalue weighted by molar-refractivity contribution is 5.51. The lowest BCUT2D eigenvalue weighted by atomic mass is 10.0. The third-order valence-electron chi connectivity index (χ3n) is 3.82. The van der Waals surface area contributed by atoms with Crippen LogP contribution in [0.15, 0.2) is 18.2 Å². The number of hydrogen-bond donors (Lipinski definition) is 1. The summed E-state index contributed by atoms with van der Waals surface area (Å²) < 4.78 is 14.2. The Morgan fingerprint density at radius 1 is 1.44 bits per heavy atom. The Bertz CT molecular complexity index is 403. The van der Waals surface area contributed by atoms with Crippen molar-refractivity contribution in [2.75, 3.05) is 18.0 Å². The van der Waals surface area contributed by atoms with Gasteiger partial charge in [0.15, 0.2) is 0 Å². The fourth-order valence-corrected chi connectivity index (χ4v) is 2.89. The van der Waals surface area contributed by atoms with Crippen LogP contribution in [-0.2, 0) is 6.42 Å². The van der Waals surface area contributed by atoms with Crippen molar-refractivity contribution in [1.82, 2.24) is 0 Å². The summed E-state index contributed by atoms with van der Waals surface area (Å²) in [6.07, 6.45) is 3.07. The van der Waals surface area contributed by atoms with Gasteiger partial charge in [-0.05, 0) is 49.4 Å². The largest absolute Gasteiger partial charge is 0.366 e. The molecule has 1 aliphatic heterocycles. The third-order valence-corrected chi connectivity index (χ3v) is 3.82. The van der Waals surface area contributed by atoms with Gasteiger partial charge in [0, 0.05) is 12.6 Å². The molecule has 100 valence electrons. The molecule has 18 heavy (non-hydrogen) atoms. The first-order valence-corrected chi connectivity index (χ1v) is 6.88. The zero-order valence-corrected chi connectivity index (χ0v) is 11.3. The first kappa shape index (κ1) is 13.3. The van der Waals surface area contributed by atoms with Crippen LogP contribution in [0, 0.1) is 11.7 Å². The van der Waals surface area contributed by atoms with E-state index in [2.05, 4.69) is 18.7 Å². The SMILES string of the molecule is CC(C)C1CCCN1c1ccc(CCN)cc1F. The van der Waals surface area contributed by atoms with Gasteiger partial charge in [-0.15, -0.1) is 0 Å². The van der Waals surface area contributed by atoms with Crippen LogP contribution in [-0.4, -0.2) is 19.1 Å². The number of hydrogen-bond acceptors (Lipinski definition) is 2. The first-order valence-electron chi connectivity index (χ1n) is 6.88. The van der Waals surface area contributed by atoms with Crippen LogP contribution in [0.4, 0.5) is 10.1 Å². The second-order valence-corrected chi connectivity index (χ2v) is 5.47. The molecule has 3 heteroatoms. The first-order chi connectivity index (χ1) is 8.63. The van der Waals surface area contributed by atoms with Gasteiger partial charge in [-0.3, -0.25) is 0 Å². The maximum absolute atomic E-state index is 14.2. The lowest BCUT2D eigenvalue weighted by Crippen LogP contribution is -2.33. The summed E-state index contributed by atoms with van der Waals surface area (Å²) in [6, 6.07) is 6.03. The fourth-order valence-electron chi connectivity index (χ4n) is 2.89. The predicted molar refractivity (Wildman–Crippen MR) is 74.4 cm³/mol. The molecule has 0 bridgehead atoms. The predicted octanol–water partition coefficient (Wildman–Crippen LogP) is 2.95. The molecule has 2 rings (SSSR count). The zero-order chi connectivity index (χ0) is 13.1. The summed E-state index contributed by atoms with van der Waals surface area (Å²) >= 11 is 0. The minimum absolute atomic E-state index is 0.103. The van der Waals surface area contributed by atoms with E-state index in [-0.39, 0.29) is 5.82 Å². The highest BCUT2D eigenvalue weighted by atomic mass is 19.1. The van der Waals surface area contributed by atoms with Crippen molar-refractivity contribution in [3.05, 3.63) is 29.6 Å². The van der Waals surface area contributed by atoms with E-state index < -0.39 is 0 Å². The molecule has 0 amide bonds. The van der Waals surface area contributed by atoms with Crippen molar-refractivity contribution in [1.29, 1.82) is 0 Å². The van der Waals surface area contributed by atoms with Crippen LogP contribution in [0.1, 0.15) is 32.3 Å². The topological polar surface area (TPSA) is 29.3 Å². The van der Waals surface area contributed by atoms with Crippen molar-refractivity contribution < 1.29 is 4.39 Å². The Hall–Kier alpha value is -1.09. The lowest BCUT2D eigenvalue weighted by Gasteiger charge is -2.30. The molecule has 1 heterocycles. The van der Waals surface area contributed by atoms with Crippen LogP contribution < -0.4 is 10.6 Å².